The molecular formula is C25H20S. The minimum atomic E-state index is -2.67. The molecule has 0 N–H and O–H groups in total. The fraction of sp³-hybridized carbons (Fsp3) is 0.0400. The molecule has 0 aliphatic carbocycles. The van der Waals surface area contributed by atoms with E-state index < -0.39 is 9.16 Å². The first-order chi connectivity index (χ1) is 12.7. The molecule has 0 fully saturated rings. The second-order valence-corrected chi connectivity index (χ2v) is 12.7. The van der Waals surface area contributed by atoms with E-state index in [1.165, 1.54) is 41.8 Å². The molecular weight excluding hydrogens is 332 g/mol. The molecule has 1 spiro atoms. The van der Waals surface area contributed by atoms with Gasteiger partial charge < -0.3 is 0 Å². The first-order valence-corrected chi connectivity index (χ1v) is 11.8. The Morgan fingerprint density at radius 1 is 0.385 bits per heavy atom. The summed E-state index contributed by atoms with van der Waals surface area (Å²) in [6, 6.07) is 36.3. The summed E-state index contributed by atoms with van der Waals surface area (Å²) < 4.78 is 0. The van der Waals surface area contributed by atoms with Gasteiger partial charge in [-0.3, -0.25) is 0 Å². The normalized spacial score (nSPS) is 18.3. The Labute approximate surface area is 154 Å². The molecule has 4 aromatic rings. The lowest BCUT2D eigenvalue weighted by Gasteiger charge is -2.56. The van der Waals surface area contributed by atoms with Crippen molar-refractivity contribution in [3.05, 3.63) is 97.1 Å². The van der Waals surface area contributed by atoms with Crippen molar-refractivity contribution >= 4 is 9.16 Å². The maximum Gasteiger partial charge on any atom is -0.00583 e. The fourth-order valence-corrected chi connectivity index (χ4v) is 12.1. The molecule has 126 valence electrons. The summed E-state index contributed by atoms with van der Waals surface area (Å²) in [6.07, 6.45) is 2.57. The zero-order valence-corrected chi connectivity index (χ0v) is 15.6. The van der Waals surface area contributed by atoms with Crippen molar-refractivity contribution < 1.29 is 0 Å². The molecule has 0 bridgehead atoms. The first kappa shape index (κ1) is 14.4. The molecule has 0 saturated carbocycles. The summed E-state index contributed by atoms with van der Waals surface area (Å²) in [5.74, 6) is 0. The molecule has 2 aliphatic rings. The van der Waals surface area contributed by atoms with Crippen LogP contribution in [0.25, 0.3) is 22.3 Å². The fourth-order valence-electron chi connectivity index (χ4n) is 5.53. The molecule has 0 saturated heterocycles. The molecule has 4 aromatic carbocycles. The van der Waals surface area contributed by atoms with E-state index in [2.05, 4.69) is 103 Å². The van der Waals surface area contributed by atoms with Gasteiger partial charge in [0.15, 0.2) is 0 Å². The maximum absolute atomic E-state index is 2.67. The van der Waals surface area contributed by atoms with Crippen molar-refractivity contribution in [2.45, 2.75) is 19.6 Å². The predicted molar refractivity (Wildman–Crippen MR) is 112 cm³/mol. The molecule has 2 heterocycles. The maximum atomic E-state index is 2.57. The first-order valence-electron chi connectivity index (χ1n) is 9.15. The van der Waals surface area contributed by atoms with Gasteiger partial charge in [0.05, 0.1) is 0 Å². The van der Waals surface area contributed by atoms with Gasteiger partial charge in [-0.05, 0) is 48.1 Å². The number of hydrogen-bond donors (Lipinski definition) is 1. The van der Waals surface area contributed by atoms with E-state index in [4.69, 9.17) is 0 Å². The van der Waals surface area contributed by atoms with Crippen LogP contribution in [0.2, 0.25) is 0 Å². The van der Waals surface area contributed by atoms with Crippen LogP contribution in [0.15, 0.2) is 117 Å². The highest BCUT2D eigenvalue weighted by Gasteiger charge is 2.55. The summed E-state index contributed by atoms with van der Waals surface area (Å²) >= 11 is 0. The van der Waals surface area contributed by atoms with Crippen LogP contribution in [0.4, 0.5) is 0 Å². The molecule has 2 aliphatic heterocycles. The van der Waals surface area contributed by atoms with Crippen molar-refractivity contribution in [1.82, 2.24) is 0 Å². The van der Waals surface area contributed by atoms with Gasteiger partial charge in [0.25, 0.3) is 0 Å². The molecule has 26 heavy (non-hydrogen) atoms. The zero-order chi connectivity index (χ0) is 17.4. The molecule has 0 unspecified atom stereocenters. The number of benzene rings is 4. The molecule has 0 aromatic heterocycles. The summed E-state index contributed by atoms with van der Waals surface area (Å²) in [5, 5.41) is 0. The lowest BCUT2D eigenvalue weighted by molar-refractivity contribution is 1.32. The van der Waals surface area contributed by atoms with Crippen molar-refractivity contribution in [3.8, 4) is 22.3 Å². The summed E-state index contributed by atoms with van der Waals surface area (Å²) in [4.78, 5) is 6.10. The van der Waals surface area contributed by atoms with Crippen LogP contribution in [0.5, 0.6) is 0 Å². The molecule has 0 nitrogen and oxygen atoms in total. The standard InChI is InChI=1S/C25H20S/c1-26(22-14-6-2-10-18(22)19-11-3-7-15-23(19)26)24-16-8-4-12-20(24)21-13-5-9-17-25(21)26/h2-17,26H,1H3. The smallest absolute Gasteiger partial charge is 0.00583 e. The predicted octanol–water partition coefficient (Wildman–Crippen LogP) is 6.89. The Kier molecular flexibility index (Phi) is 2.49. The molecule has 0 amide bonds. The van der Waals surface area contributed by atoms with Gasteiger partial charge in [-0.1, -0.05) is 97.1 Å². The number of rotatable bonds is 0. The van der Waals surface area contributed by atoms with Crippen LogP contribution < -0.4 is 0 Å². The monoisotopic (exact) mass is 352 g/mol. The van der Waals surface area contributed by atoms with Gasteiger partial charge in [0.2, 0.25) is 0 Å². The number of fused-ring (bicyclic) bond motifs is 10. The SMILES string of the molecule is C[SH]12(c3ccccc3-c3ccccc31)c1ccccc1-c1ccccc12. The quantitative estimate of drug-likeness (QED) is 0.327. The second-order valence-electron chi connectivity index (χ2n) is 7.63. The van der Waals surface area contributed by atoms with Gasteiger partial charge in [0.1, 0.15) is 0 Å². The minimum absolute atomic E-state index is 1.41. The second kappa shape index (κ2) is 4.49. The van der Waals surface area contributed by atoms with Crippen LogP contribution in [-0.4, -0.2) is 6.26 Å². The van der Waals surface area contributed by atoms with E-state index in [1.807, 2.05) is 0 Å². The highest BCUT2D eigenvalue weighted by molar-refractivity contribution is 8.49. The third kappa shape index (κ3) is 1.32. The van der Waals surface area contributed by atoms with Gasteiger partial charge >= 0.3 is 0 Å². The largest absolute Gasteiger partial charge is 0.200 e. The molecule has 1 heteroatoms. The average Bonchev–Trinajstić information content (AvgIpc) is 3.11. The highest BCUT2D eigenvalue weighted by atomic mass is 32.3. The Hall–Kier alpha value is -2.77. The van der Waals surface area contributed by atoms with Crippen molar-refractivity contribution in [2.24, 2.45) is 0 Å². The van der Waals surface area contributed by atoms with E-state index in [0.29, 0.717) is 0 Å². The van der Waals surface area contributed by atoms with Crippen molar-refractivity contribution in [2.75, 3.05) is 6.26 Å². The average molecular weight is 353 g/mol. The van der Waals surface area contributed by atoms with Crippen LogP contribution in [0.1, 0.15) is 0 Å². The lowest BCUT2D eigenvalue weighted by atomic mass is 10.1. The molecule has 0 atom stereocenters. The summed E-state index contributed by atoms with van der Waals surface area (Å²) in [7, 11) is -2.67. The lowest BCUT2D eigenvalue weighted by Crippen LogP contribution is -2.14. The highest BCUT2D eigenvalue weighted by Crippen LogP contribution is 2.96. The van der Waals surface area contributed by atoms with Crippen LogP contribution in [-0.2, 0) is 0 Å². The minimum Gasteiger partial charge on any atom is -0.200 e. The van der Waals surface area contributed by atoms with Crippen LogP contribution >= 0.6 is 9.16 Å². The van der Waals surface area contributed by atoms with E-state index >= 15 is 0 Å². The third-order valence-electron chi connectivity index (χ3n) is 6.61. The Bertz CT molecular complexity index is 1020. The van der Waals surface area contributed by atoms with Gasteiger partial charge in [-0.2, -0.15) is 9.16 Å². The Morgan fingerprint density at radius 2 is 0.615 bits per heavy atom. The third-order valence-corrected chi connectivity index (χ3v) is 13.0. The van der Waals surface area contributed by atoms with Crippen LogP contribution in [0, 0.1) is 0 Å². The number of hydrogen-bond acceptors (Lipinski definition) is 0. The zero-order valence-electron chi connectivity index (χ0n) is 14.7. The van der Waals surface area contributed by atoms with Crippen LogP contribution in [0.3, 0.4) is 0 Å². The van der Waals surface area contributed by atoms with Gasteiger partial charge in [-0.15, -0.1) is 0 Å². The summed E-state index contributed by atoms with van der Waals surface area (Å²) in [6.45, 7) is 0. The molecule has 6 rings (SSSR count). The topological polar surface area (TPSA) is 0 Å². The van der Waals surface area contributed by atoms with Gasteiger partial charge in [-0.25, -0.2) is 0 Å². The van der Waals surface area contributed by atoms with E-state index in [-0.39, 0.29) is 0 Å². The van der Waals surface area contributed by atoms with E-state index in [0.717, 1.165) is 0 Å². The van der Waals surface area contributed by atoms with Gasteiger partial charge in [0, 0.05) is 0 Å². The van der Waals surface area contributed by atoms with E-state index in [1.54, 1.807) is 0 Å². The van der Waals surface area contributed by atoms with Crippen molar-refractivity contribution in [3.63, 3.8) is 0 Å². The molecule has 0 radical (unpaired) electrons. The van der Waals surface area contributed by atoms with E-state index in [9.17, 15) is 0 Å². The Morgan fingerprint density at radius 3 is 0.885 bits per heavy atom. The summed E-state index contributed by atoms with van der Waals surface area (Å²) in [5.41, 5.74) is 5.65. The van der Waals surface area contributed by atoms with Crippen molar-refractivity contribution in [1.29, 1.82) is 0 Å². The number of thiol groups is 1. The Balaban J connectivity index is 1.95.